The molecule has 0 bridgehead atoms. The van der Waals surface area contributed by atoms with Crippen molar-refractivity contribution in [3.8, 4) is 0 Å². The molecule has 0 spiro atoms. The summed E-state index contributed by atoms with van der Waals surface area (Å²) in [5.74, 6) is 0. The van der Waals surface area contributed by atoms with E-state index in [0.29, 0.717) is 9.18 Å². The van der Waals surface area contributed by atoms with Gasteiger partial charge in [0.25, 0.3) is 0 Å². The zero-order chi connectivity index (χ0) is 14.0. The molecular formula is C12H25IN4OP+. The summed E-state index contributed by atoms with van der Waals surface area (Å²) in [6.45, 7) is 0. The maximum atomic E-state index is 13.2. The molecule has 0 saturated carbocycles. The number of rotatable bonds is 5. The van der Waals surface area contributed by atoms with Gasteiger partial charge in [-0.2, -0.15) is 0 Å². The van der Waals surface area contributed by atoms with E-state index in [1.54, 1.807) is 0 Å². The topological polar surface area (TPSA) is 41.1 Å². The summed E-state index contributed by atoms with van der Waals surface area (Å²) in [6.07, 6.45) is 0. The van der Waals surface area contributed by atoms with Gasteiger partial charge in [-0.25, -0.2) is 9.18 Å². The van der Waals surface area contributed by atoms with Gasteiger partial charge in [-0.1, -0.05) is 28.6 Å². The highest BCUT2D eigenvalue weighted by atomic mass is 127. The lowest BCUT2D eigenvalue weighted by atomic mass is 10.4. The number of nitrogens with one attached hydrogen (secondary N) is 2. The van der Waals surface area contributed by atoms with Crippen molar-refractivity contribution in [1.29, 1.82) is 0 Å². The Balaban J connectivity index is 0.00000324. The molecule has 110 valence electrons. The number of quaternary nitrogens is 2. The second-order valence-corrected chi connectivity index (χ2v) is 8.30. The summed E-state index contributed by atoms with van der Waals surface area (Å²) < 4.78 is 14.0. The van der Waals surface area contributed by atoms with Crippen LogP contribution in [0.25, 0.3) is 0 Å². The molecule has 0 amide bonds. The molecule has 1 aromatic rings. The largest absolute Gasteiger partial charge is 1.00 e. The quantitative estimate of drug-likeness (QED) is 0.259. The van der Waals surface area contributed by atoms with E-state index < -0.39 is 7.44 Å². The first-order valence-corrected chi connectivity index (χ1v) is 7.60. The smallest absolute Gasteiger partial charge is 0.327 e. The van der Waals surface area contributed by atoms with E-state index >= 15 is 0 Å². The van der Waals surface area contributed by atoms with Crippen LogP contribution in [0.3, 0.4) is 0 Å². The fourth-order valence-corrected chi connectivity index (χ4v) is 4.18. The van der Waals surface area contributed by atoms with Crippen LogP contribution >= 0.6 is 7.44 Å². The molecule has 0 unspecified atom stereocenters. The van der Waals surface area contributed by atoms with Crippen LogP contribution in [0.15, 0.2) is 30.3 Å². The van der Waals surface area contributed by atoms with E-state index in [1.165, 1.54) is 0 Å². The molecule has 19 heavy (non-hydrogen) atoms. The molecule has 0 aliphatic heterocycles. The van der Waals surface area contributed by atoms with Gasteiger partial charge >= 0.3 is 7.44 Å². The zero-order valence-electron chi connectivity index (χ0n) is 12.5. The predicted octanol–water partition coefficient (Wildman–Crippen LogP) is -2.07. The third-order valence-corrected chi connectivity index (χ3v) is 4.79. The average molecular weight is 399 g/mol. The summed E-state index contributed by atoms with van der Waals surface area (Å²) in [5, 5.41) is 7.13. The summed E-state index contributed by atoms with van der Waals surface area (Å²) in [5.41, 5.74) is 0. The molecule has 0 aliphatic rings. The highest BCUT2D eigenvalue weighted by Crippen LogP contribution is 2.36. The van der Waals surface area contributed by atoms with E-state index in [2.05, 4.69) is 10.4 Å². The first kappa shape index (κ1) is 19.0. The van der Waals surface area contributed by atoms with Crippen LogP contribution in [0, 0.1) is 0 Å². The first-order chi connectivity index (χ1) is 8.02. The molecule has 1 rings (SSSR count). The SMILES string of the molecule is C[N+](C)(C)NP(=O)(N[N+](C)(C)C)c1ccccc1.[I-]. The fourth-order valence-electron chi connectivity index (χ4n) is 1.62. The van der Waals surface area contributed by atoms with Crippen LogP contribution in [0.2, 0.25) is 0 Å². The number of hydrogen-bond acceptors (Lipinski definition) is 1. The molecule has 0 aromatic heterocycles. The highest BCUT2D eigenvalue weighted by molar-refractivity contribution is 7.67. The van der Waals surface area contributed by atoms with Crippen LogP contribution in [0.4, 0.5) is 0 Å². The van der Waals surface area contributed by atoms with Crippen molar-refractivity contribution in [3.63, 3.8) is 0 Å². The van der Waals surface area contributed by atoms with Gasteiger partial charge in [0, 0.05) is 5.30 Å². The molecule has 0 saturated heterocycles. The zero-order valence-corrected chi connectivity index (χ0v) is 15.6. The van der Waals surface area contributed by atoms with Crippen molar-refractivity contribution < 1.29 is 37.7 Å². The molecule has 0 fully saturated rings. The third kappa shape index (κ3) is 6.83. The van der Waals surface area contributed by atoms with Gasteiger partial charge in [-0.3, -0.25) is 4.57 Å². The van der Waals surface area contributed by atoms with Gasteiger partial charge in [0.15, 0.2) is 0 Å². The lowest BCUT2D eigenvalue weighted by Gasteiger charge is -2.34. The van der Waals surface area contributed by atoms with E-state index in [9.17, 15) is 4.57 Å². The Labute approximate surface area is 133 Å². The summed E-state index contributed by atoms with van der Waals surface area (Å²) in [4.78, 5) is 0. The number of benzene rings is 1. The molecule has 0 aliphatic carbocycles. The third-order valence-electron chi connectivity index (χ3n) is 2.00. The molecular weight excluding hydrogens is 374 g/mol. The Morgan fingerprint density at radius 2 is 1.21 bits per heavy atom. The predicted molar refractivity (Wildman–Crippen MR) is 76.0 cm³/mol. The van der Waals surface area contributed by atoms with Crippen LogP contribution < -0.4 is 39.7 Å². The minimum Gasteiger partial charge on any atom is -1.00 e. The van der Waals surface area contributed by atoms with Crippen molar-refractivity contribution in [2.24, 2.45) is 0 Å². The van der Waals surface area contributed by atoms with E-state index in [0.717, 1.165) is 5.30 Å². The van der Waals surface area contributed by atoms with Crippen molar-refractivity contribution in [3.05, 3.63) is 30.3 Å². The van der Waals surface area contributed by atoms with Crippen molar-refractivity contribution in [2.45, 2.75) is 0 Å². The lowest BCUT2D eigenvalue weighted by Crippen LogP contribution is -3.00. The number of halogens is 1. The van der Waals surface area contributed by atoms with Crippen LogP contribution in [-0.4, -0.2) is 51.5 Å². The normalized spacial score (nSPS) is 12.9. The maximum absolute atomic E-state index is 13.2. The van der Waals surface area contributed by atoms with Crippen LogP contribution in [-0.2, 0) is 4.57 Å². The summed E-state index contributed by atoms with van der Waals surface area (Å²) >= 11 is 0. The molecule has 1 aromatic carbocycles. The van der Waals surface area contributed by atoms with Gasteiger partial charge in [0.05, 0.1) is 42.3 Å². The van der Waals surface area contributed by atoms with E-state index in [4.69, 9.17) is 0 Å². The van der Waals surface area contributed by atoms with Gasteiger partial charge in [-0.15, -0.1) is 0 Å². The molecule has 5 nitrogen and oxygen atoms in total. The summed E-state index contributed by atoms with van der Waals surface area (Å²) in [7, 11) is 8.84. The monoisotopic (exact) mass is 399 g/mol. The van der Waals surface area contributed by atoms with Crippen LogP contribution in [0.5, 0.6) is 0 Å². The van der Waals surface area contributed by atoms with Gasteiger partial charge in [-0.05, 0) is 12.1 Å². The lowest BCUT2D eigenvalue weighted by molar-refractivity contribution is -0.913. The second kappa shape index (κ2) is 6.65. The van der Waals surface area contributed by atoms with Crippen molar-refractivity contribution >= 4 is 12.7 Å². The molecule has 0 radical (unpaired) electrons. The highest BCUT2D eigenvalue weighted by Gasteiger charge is 2.35. The standard InChI is InChI=1S/C12H25N4OP.HI/c1-15(2,3)13-18(17,14-16(4,5)6)12-10-8-7-9-11-12;/h7-11H,1-6H3,(H2,13,14,17);1H/q+2;/p-1. The maximum Gasteiger partial charge on any atom is 0.327 e. The van der Waals surface area contributed by atoms with Gasteiger partial charge in [0.1, 0.15) is 0 Å². The van der Waals surface area contributed by atoms with E-state index in [1.807, 2.05) is 72.6 Å². The number of nitrogens with zero attached hydrogens (tertiary/aromatic N) is 2. The van der Waals surface area contributed by atoms with Crippen molar-refractivity contribution in [1.82, 2.24) is 10.4 Å². The fraction of sp³-hybridized carbons (Fsp3) is 0.500. The Morgan fingerprint density at radius 1 is 0.842 bits per heavy atom. The minimum absolute atomic E-state index is 0. The van der Waals surface area contributed by atoms with Gasteiger partial charge in [0.2, 0.25) is 0 Å². The van der Waals surface area contributed by atoms with Crippen LogP contribution in [0.1, 0.15) is 0 Å². The Morgan fingerprint density at radius 3 is 1.53 bits per heavy atom. The Kier molecular flexibility index (Phi) is 6.66. The molecule has 7 heteroatoms. The average Bonchev–Trinajstić information content (AvgIpc) is 2.13. The first-order valence-electron chi connectivity index (χ1n) is 5.89. The minimum atomic E-state index is -2.87. The summed E-state index contributed by atoms with van der Waals surface area (Å²) in [6, 6.07) is 9.48. The van der Waals surface area contributed by atoms with Gasteiger partial charge < -0.3 is 24.0 Å². The van der Waals surface area contributed by atoms with Crippen molar-refractivity contribution in [2.75, 3.05) is 42.3 Å². The Bertz CT molecular complexity index is 419. The number of hydrogen-bond donors (Lipinski definition) is 2. The molecule has 2 N–H and O–H groups in total. The molecule has 0 heterocycles. The van der Waals surface area contributed by atoms with E-state index in [-0.39, 0.29) is 24.0 Å². The second-order valence-electron chi connectivity index (χ2n) is 6.17. The molecule has 0 atom stereocenters. The Hall–Kier alpha value is 0.0200.